The van der Waals surface area contributed by atoms with Crippen LogP contribution in [0.1, 0.15) is 6.92 Å². The summed E-state index contributed by atoms with van der Waals surface area (Å²) in [6.45, 7) is 2.49. The Bertz CT molecular complexity index is 958. The lowest BCUT2D eigenvalue weighted by Gasteiger charge is -2.08. The van der Waals surface area contributed by atoms with Crippen molar-refractivity contribution >= 4 is 45.2 Å². The number of rotatable bonds is 8. The zero-order chi connectivity index (χ0) is 19.9. The van der Waals surface area contributed by atoms with Crippen LogP contribution < -0.4 is 10.6 Å². The average Bonchev–Trinajstić information content (AvgIpc) is 3.35. The Morgan fingerprint density at radius 2 is 2.00 bits per heavy atom. The molecule has 0 fully saturated rings. The Balaban J connectivity index is 1.49. The largest absolute Gasteiger partial charge is 0.461 e. The fourth-order valence-corrected chi connectivity index (χ4v) is 3.60. The standard InChI is InChI=1S/C18H18BrN5O3S/c1-2-24-17(14-8-5-9-27-14)22-23-18(24)28-11-16(26)20-10-15(25)21-13-7-4-3-6-12(13)19/h3-9H,2,10-11H2,1H3,(H,20,26)(H,21,25). The van der Waals surface area contributed by atoms with Crippen LogP contribution in [0.3, 0.4) is 0 Å². The molecule has 0 saturated carbocycles. The van der Waals surface area contributed by atoms with Crippen molar-refractivity contribution in [1.29, 1.82) is 0 Å². The lowest BCUT2D eigenvalue weighted by molar-refractivity contribution is -0.122. The molecule has 2 N–H and O–H groups in total. The number of anilines is 1. The van der Waals surface area contributed by atoms with Gasteiger partial charge < -0.3 is 15.1 Å². The van der Waals surface area contributed by atoms with Crippen LogP contribution >= 0.6 is 27.7 Å². The Hall–Kier alpha value is -2.59. The zero-order valence-electron chi connectivity index (χ0n) is 15.0. The SMILES string of the molecule is CCn1c(SCC(=O)NCC(=O)Nc2ccccc2Br)nnc1-c1ccco1. The van der Waals surface area contributed by atoms with E-state index in [-0.39, 0.29) is 24.1 Å². The molecule has 0 aliphatic rings. The summed E-state index contributed by atoms with van der Waals surface area (Å²) in [5, 5.41) is 14.2. The first kappa shape index (κ1) is 20.2. The molecule has 0 saturated heterocycles. The minimum Gasteiger partial charge on any atom is -0.461 e. The molecule has 0 spiro atoms. The number of aromatic nitrogens is 3. The number of nitrogens with zero attached hydrogens (tertiary/aromatic N) is 3. The first-order valence-corrected chi connectivity index (χ1v) is 10.3. The third-order valence-corrected chi connectivity index (χ3v) is 5.36. The van der Waals surface area contributed by atoms with Crippen LogP contribution in [-0.4, -0.2) is 38.9 Å². The van der Waals surface area contributed by atoms with E-state index in [1.807, 2.05) is 29.7 Å². The van der Waals surface area contributed by atoms with Gasteiger partial charge in [0.05, 0.1) is 24.2 Å². The molecule has 0 aliphatic carbocycles. The molecule has 3 aromatic rings. The number of carbonyl (C=O) groups is 2. The number of hydrogen-bond acceptors (Lipinski definition) is 6. The molecule has 2 heterocycles. The number of nitrogens with one attached hydrogen (secondary N) is 2. The van der Waals surface area contributed by atoms with Gasteiger partial charge in [0.15, 0.2) is 16.7 Å². The number of benzene rings is 1. The van der Waals surface area contributed by atoms with Gasteiger partial charge in [-0.05, 0) is 47.1 Å². The van der Waals surface area contributed by atoms with Gasteiger partial charge in [0.25, 0.3) is 0 Å². The summed E-state index contributed by atoms with van der Waals surface area (Å²) >= 11 is 4.61. The van der Waals surface area contributed by atoms with Crippen molar-refractivity contribution in [3.05, 3.63) is 47.1 Å². The van der Waals surface area contributed by atoms with Crippen LogP contribution in [0.2, 0.25) is 0 Å². The molecule has 1 aromatic carbocycles. The van der Waals surface area contributed by atoms with E-state index in [2.05, 4.69) is 36.8 Å². The molecule has 10 heteroatoms. The predicted octanol–water partition coefficient (Wildman–Crippen LogP) is 3.17. The van der Waals surface area contributed by atoms with E-state index in [1.165, 1.54) is 11.8 Å². The van der Waals surface area contributed by atoms with Crippen LogP contribution in [0.5, 0.6) is 0 Å². The van der Waals surface area contributed by atoms with Crippen LogP contribution in [-0.2, 0) is 16.1 Å². The molecule has 3 rings (SSSR count). The Kier molecular flexibility index (Phi) is 6.88. The molecule has 28 heavy (non-hydrogen) atoms. The molecule has 0 radical (unpaired) electrons. The average molecular weight is 464 g/mol. The normalized spacial score (nSPS) is 10.6. The first-order chi connectivity index (χ1) is 13.6. The third kappa shape index (κ3) is 5.02. The smallest absolute Gasteiger partial charge is 0.243 e. The van der Waals surface area contributed by atoms with Gasteiger partial charge in [-0.3, -0.25) is 14.2 Å². The summed E-state index contributed by atoms with van der Waals surface area (Å²) in [5.74, 6) is 0.788. The highest BCUT2D eigenvalue weighted by Gasteiger charge is 2.16. The lowest BCUT2D eigenvalue weighted by atomic mass is 10.3. The van der Waals surface area contributed by atoms with E-state index in [0.717, 1.165) is 4.47 Å². The topological polar surface area (TPSA) is 102 Å². The molecule has 2 aromatic heterocycles. The summed E-state index contributed by atoms with van der Waals surface area (Å²) in [7, 11) is 0. The third-order valence-electron chi connectivity index (χ3n) is 3.70. The quantitative estimate of drug-likeness (QED) is 0.497. The van der Waals surface area contributed by atoms with Crippen molar-refractivity contribution in [2.45, 2.75) is 18.6 Å². The van der Waals surface area contributed by atoms with Crippen molar-refractivity contribution in [2.24, 2.45) is 0 Å². The van der Waals surface area contributed by atoms with Gasteiger partial charge in [0.2, 0.25) is 11.8 Å². The number of carbonyl (C=O) groups excluding carboxylic acids is 2. The van der Waals surface area contributed by atoms with E-state index in [0.29, 0.717) is 29.0 Å². The number of halogens is 1. The monoisotopic (exact) mass is 463 g/mol. The molecule has 0 bridgehead atoms. The van der Waals surface area contributed by atoms with Gasteiger partial charge in [-0.25, -0.2) is 0 Å². The van der Waals surface area contributed by atoms with Crippen molar-refractivity contribution < 1.29 is 14.0 Å². The van der Waals surface area contributed by atoms with E-state index < -0.39 is 0 Å². The van der Waals surface area contributed by atoms with Crippen molar-refractivity contribution in [3.63, 3.8) is 0 Å². The molecule has 2 amide bonds. The molecule has 8 nitrogen and oxygen atoms in total. The minimum atomic E-state index is -0.304. The maximum absolute atomic E-state index is 12.1. The highest BCUT2D eigenvalue weighted by molar-refractivity contribution is 9.10. The molecule has 0 unspecified atom stereocenters. The number of hydrogen-bond donors (Lipinski definition) is 2. The molecular formula is C18H18BrN5O3S. The fourth-order valence-electron chi connectivity index (χ4n) is 2.39. The zero-order valence-corrected chi connectivity index (χ0v) is 17.4. The van der Waals surface area contributed by atoms with Crippen LogP contribution in [0, 0.1) is 0 Å². The minimum absolute atomic E-state index is 0.112. The summed E-state index contributed by atoms with van der Waals surface area (Å²) in [6.07, 6.45) is 1.57. The number of thioether (sulfide) groups is 1. The predicted molar refractivity (Wildman–Crippen MR) is 110 cm³/mol. The van der Waals surface area contributed by atoms with Gasteiger partial charge in [0, 0.05) is 11.0 Å². The summed E-state index contributed by atoms with van der Waals surface area (Å²) in [4.78, 5) is 24.1. The van der Waals surface area contributed by atoms with Crippen LogP contribution in [0.25, 0.3) is 11.6 Å². The highest BCUT2D eigenvalue weighted by Crippen LogP contribution is 2.24. The number of furan rings is 1. The van der Waals surface area contributed by atoms with E-state index in [1.54, 1.807) is 24.5 Å². The second-order valence-corrected chi connectivity index (χ2v) is 7.42. The van der Waals surface area contributed by atoms with Gasteiger partial charge >= 0.3 is 0 Å². The van der Waals surface area contributed by atoms with Gasteiger partial charge in [-0.1, -0.05) is 23.9 Å². The molecule has 0 aliphatic heterocycles. The van der Waals surface area contributed by atoms with Crippen LogP contribution in [0.15, 0.2) is 56.7 Å². The number of amides is 2. The summed E-state index contributed by atoms with van der Waals surface area (Å²) in [5.41, 5.74) is 0.651. The second kappa shape index (κ2) is 9.56. The maximum Gasteiger partial charge on any atom is 0.243 e. The van der Waals surface area contributed by atoms with E-state index in [9.17, 15) is 9.59 Å². The van der Waals surface area contributed by atoms with Gasteiger partial charge in [-0.2, -0.15) is 0 Å². The van der Waals surface area contributed by atoms with Crippen molar-refractivity contribution in [3.8, 4) is 11.6 Å². The highest BCUT2D eigenvalue weighted by atomic mass is 79.9. The van der Waals surface area contributed by atoms with E-state index >= 15 is 0 Å². The molecule has 146 valence electrons. The van der Waals surface area contributed by atoms with Crippen LogP contribution in [0.4, 0.5) is 5.69 Å². The van der Waals surface area contributed by atoms with Gasteiger partial charge in [0.1, 0.15) is 0 Å². The van der Waals surface area contributed by atoms with Gasteiger partial charge in [-0.15, -0.1) is 10.2 Å². The second-order valence-electron chi connectivity index (χ2n) is 5.62. The van der Waals surface area contributed by atoms with Crippen molar-refractivity contribution in [2.75, 3.05) is 17.6 Å². The lowest BCUT2D eigenvalue weighted by Crippen LogP contribution is -2.34. The van der Waals surface area contributed by atoms with Crippen molar-refractivity contribution in [1.82, 2.24) is 20.1 Å². The summed E-state index contributed by atoms with van der Waals surface area (Å²) in [6, 6.07) is 10.9. The molecule has 0 atom stereocenters. The Morgan fingerprint density at radius 3 is 2.71 bits per heavy atom. The fraction of sp³-hybridized carbons (Fsp3) is 0.222. The molecular weight excluding hydrogens is 446 g/mol. The Labute approximate surface area is 174 Å². The maximum atomic E-state index is 12.1. The first-order valence-electron chi connectivity index (χ1n) is 8.49. The Morgan fingerprint density at radius 1 is 1.18 bits per heavy atom. The number of para-hydroxylation sites is 1. The summed E-state index contributed by atoms with van der Waals surface area (Å²) < 4.78 is 8.01. The van der Waals surface area contributed by atoms with E-state index in [4.69, 9.17) is 4.42 Å².